The Morgan fingerprint density at radius 2 is 1.75 bits per heavy atom. The van der Waals surface area contributed by atoms with Crippen LogP contribution in [0.4, 0.5) is 0 Å². The van der Waals surface area contributed by atoms with Gasteiger partial charge in [0, 0.05) is 12.8 Å². The number of carboxylic acid groups (broad SMARTS) is 2. The maximum atomic E-state index is 10.7. The van der Waals surface area contributed by atoms with Crippen molar-refractivity contribution in [2.24, 2.45) is 23.7 Å². The van der Waals surface area contributed by atoms with Crippen LogP contribution >= 0.6 is 0 Å². The summed E-state index contributed by atoms with van der Waals surface area (Å²) in [6, 6.07) is 0. The normalized spacial score (nSPS) is 31.2. The molecule has 2 aliphatic rings. The van der Waals surface area contributed by atoms with Gasteiger partial charge in [0.05, 0.1) is 0 Å². The molecular weight excluding hydrogens is 208 g/mol. The molecule has 2 N–H and O–H groups in total. The van der Waals surface area contributed by atoms with Crippen LogP contribution in [-0.2, 0) is 9.59 Å². The molecule has 16 heavy (non-hydrogen) atoms. The molecule has 0 aliphatic heterocycles. The van der Waals surface area contributed by atoms with Gasteiger partial charge in [0.1, 0.15) is 0 Å². The Hall–Kier alpha value is -1.32. The molecule has 88 valence electrons. The Kier molecular flexibility index (Phi) is 2.99. The van der Waals surface area contributed by atoms with Gasteiger partial charge in [-0.2, -0.15) is 0 Å². The lowest BCUT2D eigenvalue weighted by atomic mass is 9.78. The second-order valence-electron chi connectivity index (χ2n) is 4.90. The van der Waals surface area contributed by atoms with Crippen LogP contribution < -0.4 is 0 Å². The number of aliphatic carboxylic acids is 2. The molecular formula is C12H16O4. The minimum absolute atomic E-state index is 0.0198. The third-order valence-electron chi connectivity index (χ3n) is 3.81. The first-order chi connectivity index (χ1) is 7.56. The van der Waals surface area contributed by atoms with E-state index in [1.807, 2.05) is 0 Å². The first-order valence-corrected chi connectivity index (χ1v) is 5.68. The third kappa shape index (κ3) is 2.26. The number of carbonyl (C=O) groups is 2. The lowest BCUT2D eigenvalue weighted by molar-refractivity contribution is -0.141. The maximum Gasteiger partial charge on any atom is 0.303 e. The van der Waals surface area contributed by atoms with Crippen molar-refractivity contribution in [1.82, 2.24) is 0 Å². The molecule has 3 unspecified atom stereocenters. The van der Waals surface area contributed by atoms with Gasteiger partial charge in [0.15, 0.2) is 0 Å². The topological polar surface area (TPSA) is 74.6 Å². The molecule has 2 bridgehead atoms. The van der Waals surface area contributed by atoms with Crippen LogP contribution in [0.1, 0.15) is 25.7 Å². The van der Waals surface area contributed by atoms with Gasteiger partial charge in [-0.25, -0.2) is 0 Å². The van der Waals surface area contributed by atoms with E-state index < -0.39 is 11.9 Å². The van der Waals surface area contributed by atoms with Crippen molar-refractivity contribution in [3.05, 3.63) is 12.2 Å². The van der Waals surface area contributed by atoms with Crippen LogP contribution in [0.5, 0.6) is 0 Å². The number of rotatable bonds is 5. The maximum absolute atomic E-state index is 10.7. The first kappa shape index (κ1) is 11.2. The molecule has 4 heteroatoms. The molecule has 0 heterocycles. The van der Waals surface area contributed by atoms with Crippen LogP contribution in [0, 0.1) is 23.7 Å². The summed E-state index contributed by atoms with van der Waals surface area (Å²) < 4.78 is 0. The fraction of sp³-hybridized carbons (Fsp3) is 0.667. The Labute approximate surface area is 94.0 Å². The van der Waals surface area contributed by atoms with E-state index in [1.165, 1.54) is 0 Å². The minimum Gasteiger partial charge on any atom is -0.481 e. The smallest absolute Gasteiger partial charge is 0.303 e. The van der Waals surface area contributed by atoms with Crippen molar-refractivity contribution in [2.75, 3.05) is 0 Å². The quantitative estimate of drug-likeness (QED) is 0.698. The Balaban J connectivity index is 2.03. The van der Waals surface area contributed by atoms with E-state index in [0.29, 0.717) is 11.8 Å². The zero-order valence-corrected chi connectivity index (χ0v) is 9.00. The van der Waals surface area contributed by atoms with E-state index in [0.717, 1.165) is 12.8 Å². The van der Waals surface area contributed by atoms with Crippen molar-refractivity contribution in [1.29, 1.82) is 0 Å². The Morgan fingerprint density at radius 1 is 1.12 bits per heavy atom. The largest absolute Gasteiger partial charge is 0.481 e. The van der Waals surface area contributed by atoms with Gasteiger partial charge in [-0.3, -0.25) is 9.59 Å². The van der Waals surface area contributed by atoms with Crippen molar-refractivity contribution in [3.8, 4) is 0 Å². The molecule has 1 fully saturated rings. The fourth-order valence-corrected chi connectivity index (χ4v) is 3.19. The molecule has 0 saturated heterocycles. The van der Waals surface area contributed by atoms with E-state index in [1.54, 1.807) is 0 Å². The third-order valence-corrected chi connectivity index (χ3v) is 3.81. The van der Waals surface area contributed by atoms with Crippen molar-refractivity contribution < 1.29 is 19.8 Å². The van der Waals surface area contributed by atoms with Gasteiger partial charge >= 0.3 is 11.9 Å². The summed E-state index contributed by atoms with van der Waals surface area (Å²) in [7, 11) is 0. The van der Waals surface area contributed by atoms with Gasteiger partial charge in [-0.05, 0) is 36.5 Å². The van der Waals surface area contributed by atoms with Crippen LogP contribution in [0.3, 0.4) is 0 Å². The molecule has 1 saturated carbocycles. The monoisotopic (exact) mass is 224 g/mol. The van der Waals surface area contributed by atoms with Crippen LogP contribution in [0.15, 0.2) is 12.2 Å². The highest BCUT2D eigenvalue weighted by molar-refractivity contribution is 5.70. The van der Waals surface area contributed by atoms with Crippen LogP contribution in [0.2, 0.25) is 0 Å². The number of carboxylic acids is 2. The highest BCUT2D eigenvalue weighted by Gasteiger charge is 2.41. The van der Waals surface area contributed by atoms with Gasteiger partial charge in [0.2, 0.25) is 0 Å². The molecule has 0 spiro atoms. The number of hydrogen-bond donors (Lipinski definition) is 2. The summed E-state index contributed by atoms with van der Waals surface area (Å²) in [6.07, 6.45) is 6.32. The Morgan fingerprint density at radius 3 is 2.12 bits per heavy atom. The predicted molar refractivity (Wildman–Crippen MR) is 56.8 cm³/mol. The molecule has 0 aromatic heterocycles. The van der Waals surface area contributed by atoms with Crippen molar-refractivity contribution >= 4 is 11.9 Å². The average Bonchev–Trinajstić information content (AvgIpc) is 2.75. The summed E-state index contributed by atoms with van der Waals surface area (Å²) in [5, 5.41) is 17.6. The van der Waals surface area contributed by atoms with Crippen molar-refractivity contribution in [3.63, 3.8) is 0 Å². The molecule has 0 aromatic carbocycles. The van der Waals surface area contributed by atoms with Crippen LogP contribution in [-0.4, -0.2) is 22.2 Å². The minimum atomic E-state index is -0.891. The highest BCUT2D eigenvalue weighted by Crippen LogP contribution is 2.48. The zero-order valence-electron chi connectivity index (χ0n) is 9.00. The number of hydrogen-bond acceptors (Lipinski definition) is 2. The molecule has 0 amide bonds. The Bertz CT molecular complexity index is 318. The first-order valence-electron chi connectivity index (χ1n) is 5.68. The van der Waals surface area contributed by atoms with E-state index in [4.69, 9.17) is 10.2 Å². The molecule has 2 aliphatic carbocycles. The highest BCUT2D eigenvalue weighted by atomic mass is 16.4. The molecule has 0 radical (unpaired) electrons. The predicted octanol–water partition coefficient (Wildman–Crippen LogP) is 1.76. The van der Waals surface area contributed by atoms with E-state index >= 15 is 0 Å². The summed E-state index contributed by atoms with van der Waals surface area (Å²) >= 11 is 0. The lowest BCUT2D eigenvalue weighted by Gasteiger charge is -2.26. The van der Waals surface area contributed by atoms with Gasteiger partial charge in [0.25, 0.3) is 0 Å². The summed E-state index contributed by atoms with van der Waals surface area (Å²) in [6.45, 7) is 0. The standard InChI is InChI=1S/C12H16O4/c13-11(14)5-9(6-12(15)16)10-4-7-1-2-8(10)3-7/h1-2,7-10H,3-6H2,(H,13,14)(H,15,16). The lowest BCUT2D eigenvalue weighted by Crippen LogP contribution is -2.24. The summed E-state index contributed by atoms with van der Waals surface area (Å²) in [5.74, 6) is -0.776. The number of fused-ring (bicyclic) bond motifs is 2. The van der Waals surface area contributed by atoms with Crippen molar-refractivity contribution in [2.45, 2.75) is 25.7 Å². The summed E-state index contributed by atoms with van der Waals surface area (Å²) in [5.41, 5.74) is 0. The molecule has 2 rings (SSSR count). The second-order valence-corrected chi connectivity index (χ2v) is 4.90. The number of allylic oxidation sites excluding steroid dienone is 2. The van der Waals surface area contributed by atoms with Gasteiger partial charge in [-0.15, -0.1) is 0 Å². The van der Waals surface area contributed by atoms with Gasteiger partial charge in [-0.1, -0.05) is 12.2 Å². The second kappa shape index (κ2) is 4.28. The zero-order chi connectivity index (χ0) is 11.7. The fourth-order valence-electron chi connectivity index (χ4n) is 3.19. The SMILES string of the molecule is O=C(O)CC(CC(=O)O)C1CC2C=CC1C2. The van der Waals surface area contributed by atoms with Gasteiger partial charge < -0.3 is 10.2 Å². The van der Waals surface area contributed by atoms with E-state index in [9.17, 15) is 9.59 Å². The average molecular weight is 224 g/mol. The van der Waals surface area contributed by atoms with Crippen LogP contribution in [0.25, 0.3) is 0 Å². The molecule has 4 nitrogen and oxygen atoms in total. The van der Waals surface area contributed by atoms with E-state index in [2.05, 4.69) is 12.2 Å². The van der Waals surface area contributed by atoms with E-state index in [-0.39, 0.29) is 24.7 Å². The molecule has 3 atom stereocenters. The molecule has 0 aromatic rings. The summed E-state index contributed by atoms with van der Waals surface area (Å²) in [4.78, 5) is 21.5.